The number of hydrogen-bond acceptors (Lipinski definition) is 5. The van der Waals surface area contributed by atoms with Crippen molar-refractivity contribution in [2.45, 2.75) is 59.0 Å². The third-order valence-corrected chi connectivity index (χ3v) is 6.38. The van der Waals surface area contributed by atoms with Crippen molar-refractivity contribution in [3.05, 3.63) is 35.4 Å². The van der Waals surface area contributed by atoms with Crippen LogP contribution in [-0.2, 0) is 14.3 Å². The SMILES string of the molecule is CC(C)[C@@H](C(=O)OCC(=O)N[C@H]1CCC[C@@H](C)[C@H]1C)N1C(=O)c2ccccc2C1=O. The maximum Gasteiger partial charge on any atom is 0.330 e. The number of rotatable bonds is 6. The highest BCUT2D eigenvalue weighted by Crippen LogP contribution is 2.30. The molecule has 1 fully saturated rings. The van der Waals surface area contributed by atoms with Gasteiger partial charge in [0.2, 0.25) is 0 Å². The van der Waals surface area contributed by atoms with E-state index in [1.54, 1.807) is 38.1 Å². The lowest BCUT2D eigenvalue weighted by atomic mass is 9.78. The largest absolute Gasteiger partial charge is 0.454 e. The van der Waals surface area contributed by atoms with Gasteiger partial charge in [0.05, 0.1) is 11.1 Å². The molecule has 4 atom stereocenters. The van der Waals surface area contributed by atoms with Crippen LogP contribution in [-0.4, -0.2) is 47.3 Å². The molecule has 1 heterocycles. The van der Waals surface area contributed by atoms with Crippen molar-refractivity contribution < 1.29 is 23.9 Å². The molecule has 1 aliphatic carbocycles. The molecule has 0 spiro atoms. The van der Waals surface area contributed by atoms with Gasteiger partial charge in [-0.05, 0) is 36.3 Å². The van der Waals surface area contributed by atoms with Gasteiger partial charge in [-0.25, -0.2) is 4.79 Å². The number of nitrogens with zero attached hydrogens (tertiary/aromatic N) is 1. The summed E-state index contributed by atoms with van der Waals surface area (Å²) in [5, 5.41) is 2.96. The van der Waals surface area contributed by atoms with Crippen molar-refractivity contribution in [1.29, 1.82) is 0 Å². The summed E-state index contributed by atoms with van der Waals surface area (Å²) in [6.07, 6.45) is 3.12. The van der Waals surface area contributed by atoms with Gasteiger partial charge in [-0.3, -0.25) is 19.3 Å². The number of amides is 3. The highest BCUT2D eigenvalue weighted by atomic mass is 16.5. The second kappa shape index (κ2) is 8.98. The third kappa shape index (κ3) is 4.25. The van der Waals surface area contributed by atoms with E-state index in [1.807, 2.05) is 0 Å². The molecule has 3 rings (SSSR count). The van der Waals surface area contributed by atoms with Crippen LogP contribution in [0.3, 0.4) is 0 Å². The van der Waals surface area contributed by atoms with Crippen LogP contribution in [0, 0.1) is 17.8 Å². The summed E-state index contributed by atoms with van der Waals surface area (Å²) >= 11 is 0. The van der Waals surface area contributed by atoms with Crippen molar-refractivity contribution >= 4 is 23.7 Å². The molecule has 0 saturated heterocycles. The van der Waals surface area contributed by atoms with Crippen LogP contribution >= 0.6 is 0 Å². The van der Waals surface area contributed by atoms with E-state index in [-0.39, 0.29) is 29.0 Å². The molecule has 0 radical (unpaired) electrons. The fraction of sp³-hybridized carbons (Fsp3) is 0.565. The summed E-state index contributed by atoms with van der Waals surface area (Å²) in [6, 6.07) is 5.47. The van der Waals surface area contributed by atoms with Crippen LogP contribution in [0.4, 0.5) is 0 Å². The van der Waals surface area contributed by atoms with E-state index < -0.39 is 30.4 Å². The number of hydrogen-bond donors (Lipinski definition) is 1. The van der Waals surface area contributed by atoms with Crippen LogP contribution in [0.25, 0.3) is 0 Å². The Bertz CT molecular complexity index is 815. The predicted octanol–water partition coefficient (Wildman–Crippen LogP) is 2.79. The Kier molecular flexibility index (Phi) is 6.58. The molecule has 1 aromatic carbocycles. The lowest BCUT2D eigenvalue weighted by Crippen LogP contribution is -2.50. The fourth-order valence-electron chi connectivity index (χ4n) is 4.39. The third-order valence-electron chi connectivity index (χ3n) is 6.38. The Morgan fingerprint density at radius 3 is 2.27 bits per heavy atom. The summed E-state index contributed by atoms with van der Waals surface area (Å²) in [4.78, 5) is 51.6. The van der Waals surface area contributed by atoms with Crippen molar-refractivity contribution in [1.82, 2.24) is 10.2 Å². The van der Waals surface area contributed by atoms with Gasteiger partial charge in [-0.15, -0.1) is 0 Å². The summed E-state index contributed by atoms with van der Waals surface area (Å²) in [5.41, 5.74) is 0.554. The zero-order chi connectivity index (χ0) is 22.0. The molecule has 1 aromatic rings. The van der Waals surface area contributed by atoms with Crippen LogP contribution in [0.2, 0.25) is 0 Å². The first-order valence-electron chi connectivity index (χ1n) is 10.6. The van der Waals surface area contributed by atoms with Crippen molar-refractivity contribution in [3.63, 3.8) is 0 Å². The second-order valence-corrected chi connectivity index (χ2v) is 8.76. The van der Waals surface area contributed by atoms with Gasteiger partial charge in [-0.1, -0.05) is 52.7 Å². The number of benzene rings is 1. The smallest absolute Gasteiger partial charge is 0.330 e. The Balaban J connectivity index is 1.63. The number of carbonyl (C=O) groups excluding carboxylic acids is 4. The van der Waals surface area contributed by atoms with Crippen LogP contribution in [0.1, 0.15) is 67.7 Å². The van der Waals surface area contributed by atoms with Crippen molar-refractivity contribution in [2.75, 3.05) is 6.61 Å². The molecule has 1 aliphatic heterocycles. The van der Waals surface area contributed by atoms with Crippen molar-refractivity contribution in [3.8, 4) is 0 Å². The summed E-state index contributed by atoms with van der Waals surface area (Å²) in [7, 11) is 0. The predicted molar refractivity (Wildman–Crippen MR) is 111 cm³/mol. The zero-order valence-electron chi connectivity index (χ0n) is 18.0. The maximum atomic E-state index is 12.8. The van der Waals surface area contributed by atoms with Crippen molar-refractivity contribution in [2.24, 2.45) is 17.8 Å². The Hall–Kier alpha value is -2.70. The summed E-state index contributed by atoms with van der Waals surface area (Å²) in [6.45, 7) is 7.35. The van der Waals surface area contributed by atoms with Gasteiger partial charge in [0.1, 0.15) is 6.04 Å². The highest BCUT2D eigenvalue weighted by Gasteiger charge is 2.44. The Labute approximate surface area is 177 Å². The maximum absolute atomic E-state index is 12.8. The quantitative estimate of drug-likeness (QED) is 0.571. The highest BCUT2D eigenvalue weighted by molar-refractivity contribution is 6.22. The molecule has 0 bridgehead atoms. The Morgan fingerprint density at radius 1 is 1.10 bits per heavy atom. The van der Waals surface area contributed by atoms with Crippen LogP contribution < -0.4 is 5.32 Å². The van der Waals surface area contributed by atoms with Gasteiger partial charge < -0.3 is 10.1 Å². The average molecular weight is 415 g/mol. The molecular weight excluding hydrogens is 384 g/mol. The van der Waals surface area contributed by atoms with Gasteiger partial charge in [-0.2, -0.15) is 0 Å². The molecule has 7 nitrogen and oxygen atoms in total. The monoisotopic (exact) mass is 414 g/mol. The number of nitrogens with one attached hydrogen (secondary N) is 1. The molecule has 2 aliphatic rings. The summed E-state index contributed by atoms with van der Waals surface area (Å²) in [5.74, 6) is -1.60. The first-order valence-corrected chi connectivity index (χ1v) is 10.6. The minimum atomic E-state index is -1.08. The van der Waals surface area contributed by atoms with E-state index in [0.717, 1.165) is 24.2 Å². The molecule has 0 unspecified atom stereocenters. The molecule has 30 heavy (non-hydrogen) atoms. The minimum Gasteiger partial charge on any atom is -0.454 e. The van der Waals surface area contributed by atoms with Crippen LogP contribution in [0.5, 0.6) is 0 Å². The molecule has 3 amide bonds. The van der Waals surface area contributed by atoms with E-state index in [9.17, 15) is 19.2 Å². The molecule has 0 aromatic heterocycles. The molecule has 7 heteroatoms. The molecule has 1 saturated carbocycles. The lowest BCUT2D eigenvalue weighted by Gasteiger charge is -2.34. The number of imide groups is 1. The first kappa shape index (κ1) is 22.0. The van der Waals surface area contributed by atoms with Gasteiger partial charge in [0.25, 0.3) is 17.7 Å². The number of fused-ring (bicyclic) bond motifs is 1. The van der Waals surface area contributed by atoms with E-state index in [0.29, 0.717) is 11.8 Å². The average Bonchev–Trinajstić information content (AvgIpc) is 2.95. The molecule has 1 N–H and O–H groups in total. The van der Waals surface area contributed by atoms with E-state index in [2.05, 4.69) is 19.2 Å². The molecular formula is C23H30N2O5. The zero-order valence-corrected chi connectivity index (χ0v) is 18.0. The van der Waals surface area contributed by atoms with E-state index in [1.165, 1.54) is 0 Å². The molecule has 162 valence electrons. The lowest BCUT2D eigenvalue weighted by molar-refractivity contribution is -0.154. The Morgan fingerprint density at radius 2 is 1.70 bits per heavy atom. The number of carbonyl (C=O) groups is 4. The number of esters is 1. The van der Waals surface area contributed by atoms with E-state index in [4.69, 9.17) is 4.74 Å². The standard InChI is InChI=1S/C23H30N2O5/c1-13(2)20(25-21(27)16-9-5-6-10-17(16)22(25)28)23(29)30-12-19(26)24-18-11-7-8-14(3)15(18)4/h5-6,9-10,13-15,18,20H,7-8,11-12H2,1-4H3,(H,24,26)/t14-,15-,18+,20+/m1/s1. The van der Waals surface area contributed by atoms with Crippen LogP contribution in [0.15, 0.2) is 24.3 Å². The van der Waals surface area contributed by atoms with Gasteiger partial charge >= 0.3 is 5.97 Å². The number of ether oxygens (including phenoxy) is 1. The fourth-order valence-corrected chi connectivity index (χ4v) is 4.39. The minimum absolute atomic E-state index is 0.0667. The van der Waals surface area contributed by atoms with E-state index >= 15 is 0 Å². The van der Waals surface area contributed by atoms with Gasteiger partial charge in [0.15, 0.2) is 6.61 Å². The summed E-state index contributed by atoms with van der Waals surface area (Å²) < 4.78 is 5.24. The second-order valence-electron chi connectivity index (χ2n) is 8.76. The normalized spacial score (nSPS) is 24.6. The topological polar surface area (TPSA) is 92.8 Å². The first-order chi connectivity index (χ1) is 14.2. The van der Waals surface area contributed by atoms with Gasteiger partial charge in [0, 0.05) is 6.04 Å².